The molecule has 3 aromatic rings. The molecule has 1 aromatic heterocycles. The molecule has 2 aromatic carbocycles. The lowest BCUT2D eigenvalue weighted by Gasteiger charge is -2.21. The number of carbonyl (C=O) groups is 1. The van der Waals surface area contributed by atoms with Crippen LogP contribution in [0.5, 0.6) is 11.5 Å². The summed E-state index contributed by atoms with van der Waals surface area (Å²) in [7, 11) is 0. The molecule has 1 amide bonds. The second-order valence-corrected chi connectivity index (χ2v) is 10.2. The lowest BCUT2D eigenvalue weighted by Crippen LogP contribution is -2.27. The van der Waals surface area contributed by atoms with Crippen LogP contribution >= 0.6 is 0 Å². The lowest BCUT2D eigenvalue weighted by molar-refractivity contribution is 0.0792. The summed E-state index contributed by atoms with van der Waals surface area (Å²) in [6.45, 7) is 14.5. The highest BCUT2D eigenvalue weighted by molar-refractivity contribution is 5.95. The van der Waals surface area contributed by atoms with Crippen molar-refractivity contribution in [3.63, 3.8) is 0 Å². The Morgan fingerprint density at radius 2 is 1.65 bits per heavy atom. The highest BCUT2D eigenvalue weighted by atomic mass is 16.5. The van der Waals surface area contributed by atoms with E-state index in [9.17, 15) is 4.79 Å². The van der Waals surface area contributed by atoms with Crippen LogP contribution in [0.1, 0.15) is 78.8 Å². The van der Waals surface area contributed by atoms with Crippen molar-refractivity contribution < 1.29 is 14.3 Å². The van der Waals surface area contributed by atoms with Gasteiger partial charge in [-0.05, 0) is 82.2 Å². The zero-order valence-corrected chi connectivity index (χ0v) is 23.2. The van der Waals surface area contributed by atoms with Gasteiger partial charge in [-0.15, -0.1) is 0 Å². The molecule has 196 valence electrons. The van der Waals surface area contributed by atoms with Crippen molar-refractivity contribution in [1.82, 2.24) is 9.88 Å². The van der Waals surface area contributed by atoms with E-state index in [4.69, 9.17) is 14.5 Å². The van der Waals surface area contributed by atoms with Gasteiger partial charge in [0.25, 0.3) is 5.91 Å². The van der Waals surface area contributed by atoms with E-state index in [1.807, 2.05) is 50.8 Å². The number of aryl methyl sites for hydroxylation is 4. The summed E-state index contributed by atoms with van der Waals surface area (Å²) >= 11 is 0. The smallest absolute Gasteiger partial charge is 0.253 e. The Morgan fingerprint density at radius 3 is 2.27 bits per heavy atom. The topological polar surface area (TPSA) is 51.7 Å². The number of nitrogens with zero attached hydrogens (tertiary/aromatic N) is 2. The first kappa shape index (κ1) is 26.7. The van der Waals surface area contributed by atoms with Crippen molar-refractivity contribution in [2.45, 2.75) is 79.9 Å². The summed E-state index contributed by atoms with van der Waals surface area (Å²) in [5.41, 5.74) is 8.23. The molecule has 0 N–H and O–H groups in total. The van der Waals surface area contributed by atoms with E-state index < -0.39 is 0 Å². The van der Waals surface area contributed by atoms with Crippen LogP contribution in [0.4, 0.5) is 0 Å². The highest BCUT2D eigenvalue weighted by Crippen LogP contribution is 2.34. The third-order valence-electron chi connectivity index (χ3n) is 7.11. The van der Waals surface area contributed by atoms with E-state index in [1.165, 1.54) is 16.7 Å². The molecule has 0 atom stereocenters. The Balaban J connectivity index is 1.66. The van der Waals surface area contributed by atoms with Gasteiger partial charge >= 0.3 is 0 Å². The van der Waals surface area contributed by atoms with Gasteiger partial charge in [0.2, 0.25) is 0 Å². The fourth-order valence-electron chi connectivity index (χ4n) is 5.05. The molecule has 0 unspecified atom stereocenters. The zero-order chi connectivity index (χ0) is 26.5. The van der Waals surface area contributed by atoms with E-state index in [2.05, 4.69) is 38.1 Å². The molecular weight excluding hydrogens is 460 g/mol. The number of benzene rings is 2. The fourth-order valence-corrected chi connectivity index (χ4v) is 5.05. The van der Waals surface area contributed by atoms with Crippen LogP contribution in [0.3, 0.4) is 0 Å². The van der Waals surface area contributed by atoms with Gasteiger partial charge in [-0.1, -0.05) is 38.1 Å². The average Bonchev–Trinajstić information content (AvgIpc) is 3.42. The lowest BCUT2D eigenvalue weighted by atomic mass is 9.94. The van der Waals surface area contributed by atoms with Crippen LogP contribution in [0, 0.1) is 13.8 Å². The molecule has 0 bridgehead atoms. The maximum absolute atomic E-state index is 12.9. The van der Waals surface area contributed by atoms with Crippen molar-refractivity contribution in [2.24, 2.45) is 0 Å². The summed E-state index contributed by atoms with van der Waals surface area (Å²) in [6.07, 6.45) is 4.06. The fraction of sp³-hybridized carbons (Fsp3) is 0.438. The SMILES string of the molecule is CCc1cccc(CC)c1-c1cc(OC(C)C)c(COc2cc(C(=O)N3CCCC3)ccc2C)c(C)n1. The van der Waals surface area contributed by atoms with Gasteiger partial charge in [0, 0.05) is 36.0 Å². The predicted octanol–water partition coefficient (Wildman–Crippen LogP) is 7.09. The molecule has 0 spiro atoms. The van der Waals surface area contributed by atoms with Gasteiger partial charge < -0.3 is 14.4 Å². The van der Waals surface area contributed by atoms with Crippen LogP contribution in [-0.2, 0) is 19.4 Å². The summed E-state index contributed by atoms with van der Waals surface area (Å²) in [5, 5.41) is 0. The Bertz CT molecular complexity index is 1240. The number of carbonyl (C=O) groups excluding carboxylic acids is 1. The molecule has 1 fully saturated rings. The number of amides is 1. The predicted molar refractivity (Wildman–Crippen MR) is 150 cm³/mol. The molecule has 0 radical (unpaired) electrons. The second-order valence-electron chi connectivity index (χ2n) is 10.2. The quantitative estimate of drug-likeness (QED) is 0.315. The monoisotopic (exact) mass is 500 g/mol. The molecule has 5 nitrogen and oxygen atoms in total. The molecule has 5 heteroatoms. The van der Waals surface area contributed by atoms with E-state index in [-0.39, 0.29) is 12.0 Å². The van der Waals surface area contributed by atoms with Crippen LogP contribution in [-0.4, -0.2) is 35.0 Å². The van der Waals surface area contributed by atoms with Crippen LogP contribution < -0.4 is 9.47 Å². The van der Waals surface area contributed by atoms with Crippen molar-refractivity contribution >= 4 is 5.91 Å². The molecule has 0 saturated carbocycles. The number of likely N-dealkylation sites (tertiary alicyclic amines) is 1. The zero-order valence-electron chi connectivity index (χ0n) is 23.2. The molecule has 37 heavy (non-hydrogen) atoms. The third-order valence-corrected chi connectivity index (χ3v) is 7.11. The number of aromatic nitrogens is 1. The summed E-state index contributed by atoms with van der Waals surface area (Å²) in [5.74, 6) is 1.59. The average molecular weight is 501 g/mol. The standard InChI is InChI=1S/C32H40N2O3/c1-7-24-12-11-13-25(8-2)31(24)28-19-30(37-21(3)4)27(23(6)33-28)20-36-29-18-26(15-14-22(29)5)32(35)34-16-9-10-17-34/h11-15,18-19,21H,7-10,16-17,20H2,1-6H3. The van der Waals surface area contributed by atoms with Gasteiger partial charge in [-0.25, -0.2) is 0 Å². The normalized spacial score (nSPS) is 13.3. The minimum atomic E-state index is 0.0172. The second kappa shape index (κ2) is 11.8. The molecule has 0 aliphatic carbocycles. The summed E-state index contributed by atoms with van der Waals surface area (Å²) < 4.78 is 12.6. The first-order chi connectivity index (χ1) is 17.8. The molecule has 4 rings (SSSR count). The van der Waals surface area contributed by atoms with E-state index in [1.54, 1.807) is 0 Å². The Hall–Kier alpha value is -3.34. The summed E-state index contributed by atoms with van der Waals surface area (Å²) in [4.78, 5) is 19.9. The maximum Gasteiger partial charge on any atom is 0.253 e. The molecule has 2 heterocycles. The van der Waals surface area contributed by atoms with Gasteiger partial charge in [0.05, 0.1) is 17.4 Å². The third kappa shape index (κ3) is 5.98. The first-order valence-corrected chi connectivity index (χ1v) is 13.6. The summed E-state index contributed by atoms with van der Waals surface area (Å²) in [6, 6.07) is 14.3. The Kier molecular flexibility index (Phi) is 8.52. The molecule has 1 saturated heterocycles. The van der Waals surface area contributed by atoms with E-state index >= 15 is 0 Å². The molecule has 1 aliphatic heterocycles. The van der Waals surface area contributed by atoms with E-state index in [0.29, 0.717) is 17.9 Å². The number of ether oxygens (including phenoxy) is 2. The van der Waals surface area contributed by atoms with Crippen LogP contribution in [0.2, 0.25) is 0 Å². The number of hydrogen-bond donors (Lipinski definition) is 0. The van der Waals surface area contributed by atoms with Gasteiger partial charge in [0.1, 0.15) is 18.1 Å². The number of rotatable bonds is 9. The van der Waals surface area contributed by atoms with Gasteiger partial charge in [-0.2, -0.15) is 0 Å². The van der Waals surface area contributed by atoms with Crippen molar-refractivity contribution in [1.29, 1.82) is 0 Å². The minimum Gasteiger partial charge on any atom is -0.490 e. The molecular formula is C32H40N2O3. The van der Waals surface area contributed by atoms with Crippen molar-refractivity contribution in [3.05, 3.63) is 76.0 Å². The van der Waals surface area contributed by atoms with Gasteiger partial charge in [0.15, 0.2) is 0 Å². The Labute approximate surface area is 221 Å². The van der Waals surface area contributed by atoms with Crippen LogP contribution in [0.15, 0.2) is 42.5 Å². The van der Waals surface area contributed by atoms with Crippen molar-refractivity contribution in [3.8, 4) is 22.8 Å². The number of pyridine rings is 1. The molecule has 1 aliphatic rings. The first-order valence-electron chi connectivity index (χ1n) is 13.6. The minimum absolute atomic E-state index is 0.0172. The largest absolute Gasteiger partial charge is 0.490 e. The van der Waals surface area contributed by atoms with Crippen LogP contribution in [0.25, 0.3) is 11.3 Å². The highest BCUT2D eigenvalue weighted by Gasteiger charge is 2.21. The van der Waals surface area contributed by atoms with E-state index in [0.717, 1.165) is 67.0 Å². The van der Waals surface area contributed by atoms with Crippen molar-refractivity contribution in [2.75, 3.05) is 13.1 Å². The maximum atomic E-state index is 12.9. The van der Waals surface area contributed by atoms with Gasteiger partial charge in [-0.3, -0.25) is 9.78 Å². The number of hydrogen-bond acceptors (Lipinski definition) is 4. The Morgan fingerprint density at radius 1 is 0.973 bits per heavy atom.